The average molecular weight is 241 g/mol. The zero-order valence-corrected chi connectivity index (χ0v) is 11.2. The molecule has 0 heterocycles. The van der Waals surface area contributed by atoms with Crippen LogP contribution in [0.25, 0.3) is 10.8 Å². The van der Waals surface area contributed by atoms with Gasteiger partial charge in [-0.2, -0.15) is 0 Å². The van der Waals surface area contributed by atoms with Crippen LogP contribution < -0.4 is 10.1 Å². The van der Waals surface area contributed by atoms with E-state index in [1.807, 2.05) is 7.05 Å². The Balaban J connectivity index is 2.27. The van der Waals surface area contributed by atoms with E-state index >= 15 is 0 Å². The zero-order chi connectivity index (χ0) is 12.8. The maximum atomic E-state index is 5.41. The predicted octanol–water partition coefficient (Wildman–Crippen LogP) is 2.93. The molecule has 1 aliphatic carbocycles. The van der Waals surface area contributed by atoms with Gasteiger partial charge in [0.1, 0.15) is 5.75 Å². The van der Waals surface area contributed by atoms with Gasteiger partial charge in [0, 0.05) is 5.54 Å². The quantitative estimate of drug-likeness (QED) is 0.873. The minimum Gasteiger partial charge on any atom is -0.497 e. The third kappa shape index (κ3) is 1.68. The molecule has 0 aliphatic heterocycles. The molecule has 1 aliphatic rings. The lowest BCUT2D eigenvalue weighted by Gasteiger charge is -2.35. The molecule has 0 fully saturated rings. The van der Waals surface area contributed by atoms with Crippen molar-refractivity contribution in [3.8, 4) is 5.75 Å². The second kappa shape index (κ2) is 3.99. The largest absolute Gasteiger partial charge is 0.497 e. The Morgan fingerprint density at radius 3 is 2.67 bits per heavy atom. The molecule has 0 saturated heterocycles. The van der Waals surface area contributed by atoms with Crippen molar-refractivity contribution in [3.63, 3.8) is 0 Å². The van der Waals surface area contributed by atoms with E-state index in [2.05, 4.69) is 42.6 Å². The first kappa shape index (κ1) is 11.5. The van der Waals surface area contributed by atoms with E-state index in [9.17, 15) is 0 Å². The predicted molar refractivity (Wildman–Crippen MR) is 75.4 cm³/mol. The lowest BCUT2D eigenvalue weighted by molar-refractivity contribution is 0.373. The summed E-state index contributed by atoms with van der Waals surface area (Å²) in [4.78, 5) is 0. The molecule has 94 valence electrons. The number of benzene rings is 2. The Hall–Kier alpha value is -1.54. The highest BCUT2D eigenvalue weighted by molar-refractivity contribution is 5.91. The van der Waals surface area contributed by atoms with Crippen molar-refractivity contribution in [1.29, 1.82) is 0 Å². The van der Waals surface area contributed by atoms with E-state index in [1.54, 1.807) is 7.11 Å². The van der Waals surface area contributed by atoms with Crippen LogP contribution in [-0.2, 0) is 12.8 Å². The molecule has 2 aromatic rings. The van der Waals surface area contributed by atoms with Crippen molar-refractivity contribution in [2.75, 3.05) is 14.2 Å². The van der Waals surface area contributed by atoms with Gasteiger partial charge in [-0.25, -0.2) is 0 Å². The molecule has 2 aromatic carbocycles. The molecule has 2 heteroatoms. The van der Waals surface area contributed by atoms with Crippen LogP contribution in [0.1, 0.15) is 18.1 Å². The van der Waals surface area contributed by atoms with E-state index in [0.29, 0.717) is 0 Å². The van der Waals surface area contributed by atoms with Gasteiger partial charge in [0.05, 0.1) is 7.11 Å². The highest BCUT2D eigenvalue weighted by Gasteiger charge is 2.29. The number of likely N-dealkylation sites (N-methyl/N-ethyl adjacent to an activating group) is 1. The zero-order valence-electron chi connectivity index (χ0n) is 11.2. The molecule has 0 bridgehead atoms. The highest BCUT2D eigenvalue weighted by Crippen LogP contribution is 2.36. The minimum absolute atomic E-state index is 0.146. The smallest absolute Gasteiger partial charge is 0.119 e. The van der Waals surface area contributed by atoms with Crippen LogP contribution in [0.15, 0.2) is 30.3 Å². The Morgan fingerprint density at radius 2 is 1.94 bits per heavy atom. The van der Waals surface area contributed by atoms with E-state index in [0.717, 1.165) is 18.6 Å². The molecule has 0 aromatic heterocycles. The average Bonchev–Trinajstić information content (AvgIpc) is 2.38. The molecule has 1 N–H and O–H groups in total. The van der Waals surface area contributed by atoms with Crippen LogP contribution in [0, 0.1) is 0 Å². The number of ether oxygens (including phenoxy) is 1. The Kier molecular flexibility index (Phi) is 2.56. The van der Waals surface area contributed by atoms with Gasteiger partial charge in [0.25, 0.3) is 0 Å². The van der Waals surface area contributed by atoms with Crippen molar-refractivity contribution in [3.05, 3.63) is 41.5 Å². The van der Waals surface area contributed by atoms with Crippen molar-refractivity contribution in [2.45, 2.75) is 25.3 Å². The van der Waals surface area contributed by atoms with Crippen LogP contribution in [-0.4, -0.2) is 19.7 Å². The molecule has 0 spiro atoms. The third-order valence-corrected chi connectivity index (χ3v) is 4.12. The van der Waals surface area contributed by atoms with Gasteiger partial charge >= 0.3 is 0 Å². The first-order valence-corrected chi connectivity index (χ1v) is 6.43. The van der Waals surface area contributed by atoms with Gasteiger partial charge in [-0.15, -0.1) is 0 Å². The van der Waals surface area contributed by atoms with Crippen LogP contribution in [0.4, 0.5) is 0 Å². The van der Waals surface area contributed by atoms with E-state index in [1.165, 1.54) is 21.9 Å². The van der Waals surface area contributed by atoms with E-state index in [-0.39, 0.29) is 5.54 Å². The fourth-order valence-electron chi connectivity index (χ4n) is 3.06. The van der Waals surface area contributed by atoms with Crippen molar-refractivity contribution >= 4 is 10.8 Å². The number of hydrogen-bond acceptors (Lipinski definition) is 2. The molecule has 18 heavy (non-hydrogen) atoms. The summed E-state index contributed by atoms with van der Waals surface area (Å²) < 4.78 is 5.41. The lowest BCUT2D eigenvalue weighted by atomic mass is 9.78. The molecular formula is C16H19NO. The van der Waals surface area contributed by atoms with E-state index < -0.39 is 0 Å². The number of methoxy groups -OCH3 is 1. The molecule has 2 nitrogen and oxygen atoms in total. The molecule has 3 rings (SSSR count). The lowest BCUT2D eigenvalue weighted by Crippen LogP contribution is -2.45. The van der Waals surface area contributed by atoms with Gasteiger partial charge < -0.3 is 10.1 Å². The van der Waals surface area contributed by atoms with Gasteiger partial charge in [-0.1, -0.05) is 18.2 Å². The monoisotopic (exact) mass is 241 g/mol. The highest BCUT2D eigenvalue weighted by atomic mass is 16.5. The third-order valence-electron chi connectivity index (χ3n) is 4.12. The fourth-order valence-corrected chi connectivity index (χ4v) is 3.06. The maximum absolute atomic E-state index is 5.41. The van der Waals surface area contributed by atoms with Crippen molar-refractivity contribution in [2.24, 2.45) is 0 Å². The van der Waals surface area contributed by atoms with Crippen molar-refractivity contribution < 1.29 is 4.74 Å². The summed E-state index contributed by atoms with van der Waals surface area (Å²) in [6.07, 6.45) is 2.13. The molecule has 0 radical (unpaired) electrons. The summed E-state index contributed by atoms with van der Waals surface area (Å²) >= 11 is 0. The number of nitrogens with one attached hydrogen (secondary N) is 1. The molecular weight excluding hydrogens is 222 g/mol. The van der Waals surface area contributed by atoms with Crippen LogP contribution in [0.2, 0.25) is 0 Å². The minimum atomic E-state index is 0.146. The van der Waals surface area contributed by atoms with Gasteiger partial charge in [-0.05, 0) is 60.8 Å². The van der Waals surface area contributed by atoms with Gasteiger partial charge in [0.15, 0.2) is 0 Å². The molecule has 0 saturated carbocycles. The van der Waals surface area contributed by atoms with Crippen LogP contribution >= 0.6 is 0 Å². The Morgan fingerprint density at radius 1 is 1.17 bits per heavy atom. The van der Waals surface area contributed by atoms with Crippen molar-refractivity contribution in [1.82, 2.24) is 5.32 Å². The maximum Gasteiger partial charge on any atom is 0.119 e. The molecule has 0 amide bonds. The summed E-state index contributed by atoms with van der Waals surface area (Å²) in [7, 11) is 3.78. The molecule has 1 atom stereocenters. The topological polar surface area (TPSA) is 21.3 Å². The second-order valence-corrected chi connectivity index (χ2v) is 5.47. The number of hydrogen-bond donors (Lipinski definition) is 1. The first-order valence-electron chi connectivity index (χ1n) is 6.43. The summed E-state index contributed by atoms with van der Waals surface area (Å²) in [5.41, 5.74) is 2.98. The summed E-state index contributed by atoms with van der Waals surface area (Å²) in [6.45, 7) is 2.29. The Labute approximate surface area is 108 Å². The second-order valence-electron chi connectivity index (χ2n) is 5.47. The SMILES string of the molecule is CNC1(C)Cc2cccc3cc(OC)cc(c23)C1. The number of rotatable bonds is 2. The van der Waals surface area contributed by atoms with Crippen LogP contribution in [0.5, 0.6) is 5.75 Å². The first-order chi connectivity index (χ1) is 8.65. The Bertz CT molecular complexity index is 605. The van der Waals surface area contributed by atoms with Gasteiger partial charge in [0.2, 0.25) is 0 Å². The standard InChI is InChI=1S/C16H19NO/c1-16(17-2)9-12-6-4-5-11-7-14(18-3)8-13(10-16)15(11)12/h4-8,17H,9-10H2,1-3H3. The summed E-state index contributed by atoms with van der Waals surface area (Å²) in [5, 5.41) is 6.17. The normalized spacial score (nSPS) is 22.2. The summed E-state index contributed by atoms with van der Waals surface area (Å²) in [6, 6.07) is 10.9. The van der Waals surface area contributed by atoms with Gasteiger partial charge in [-0.3, -0.25) is 0 Å². The van der Waals surface area contributed by atoms with E-state index in [4.69, 9.17) is 4.74 Å². The van der Waals surface area contributed by atoms with Crippen LogP contribution in [0.3, 0.4) is 0 Å². The summed E-state index contributed by atoms with van der Waals surface area (Å²) in [5.74, 6) is 0.954. The molecule has 1 unspecified atom stereocenters. The fraction of sp³-hybridized carbons (Fsp3) is 0.375.